The zero-order valence-electron chi connectivity index (χ0n) is 6.81. The smallest absolute Gasteiger partial charge is 0.258 e. The molecule has 0 unspecified atom stereocenters. The summed E-state index contributed by atoms with van der Waals surface area (Å²) in [6, 6.07) is 1.10. The quantitative estimate of drug-likeness (QED) is 0.567. The van der Waals surface area contributed by atoms with E-state index in [0.29, 0.717) is 6.07 Å². The average molecular weight is 260 g/mol. The first kappa shape index (κ1) is 12.1. The van der Waals surface area contributed by atoms with Crippen molar-refractivity contribution in [3.8, 4) is 0 Å². The van der Waals surface area contributed by atoms with E-state index >= 15 is 0 Å². The highest BCUT2D eigenvalue weighted by atomic mass is 35.5. The Kier molecular flexibility index (Phi) is 3.11. The van der Waals surface area contributed by atoms with Crippen LogP contribution in [0.1, 0.15) is 5.56 Å². The summed E-state index contributed by atoms with van der Waals surface area (Å²) in [7, 11) is 0. The molecule has 0 bridgehead atoms. The lowest BCUT2D eigenvalue weighted by molar-refractivity contribution is -0.385. The maximum atomic E-state index is 12.3. The van der Waals surface area contributed by atoms with Crippen LogP contribution in [-0.4, -0.2) is 4.92 Å². The molecule has 0 fully saturated rings. The van der Waals surface area contributed by atoms with Gasteiger partial charge in [0.1, 0.15) is 0 Å². The molecule has 82 valence electrons. The zero-order valence-corrected chi connectivity index (χ0v) is 8.32. The minimum Gasteiger partial charge on any atom is -0.258 e. The molecule has 3 nitrogen and oxygen atoms in total. The SMILES string of the molecule is O=[N+]([O-])c1cc(Cl)c(Cl)c(C(F)(F)F)c1. The van der Waals surface area contributed by atoms with E-state index < -0.39 is 32.4 Å². The van der Waals surface area contributed by atoms with Gasteiger partial charge in [0.2, 0.25) is 0 Å². The van der Waals surface area contributed by atoms with Gasteiger partial charge in [0, 0.05) is 12.1 Å². The van der Waals surface area contributed by atoms with Crippen molar-refractivity contribution in [3.05, 3.63) is 37.9 Å². The molecule has 0 saturated heterocycles. The number of hydrogen-bond acceptors (Lipinski definition) is 2. The average Bonchev–Trinajstić information content (AvgIpc) is 2.06. The predicted octanol–water partition coefficient (Wildman–Crippen LogP) is 3.92. The molecule has 1 aromatic rings. The highest BCUT2D eigenvalue weighted by Crippen LogP contribution is 2.40. The number of alkyl halides is 3. The molecule has 0 heterocycles. The first-order valence-corrected chi connectivity index (χ1v) is 4.19. The fourth-order valence-corrected chi connectivity index (χ4v) is 1.32. The van der Waals surface area contributed by atoms with Crippen LogP contribution in [-0.2, 0) is 6.18 Å². The molecule has 1 rings (SSSR count). The number of nitro groups is 1. The number of hydrogen-bond donors (Lipinski definition) is 0. The van der Waals surface area contributed by atoms with E-state index in [2.05, 4.69) is 0 Å². The van der Waals surface area contributed by atoms with Crippen molar-refractivity contribution in [1.29, 1.82) is 0 Å². The molecule has 0 amide bonds. The van der Waals surface area contributed by atoms with Gasteiger partial charge >= 0.3 is 6.18 Å². The molecule has 0 aliphatic rings. The van der Waals surface area contributed by atoms with Crippen molar-refractivity contribution < 1.29 is 18.1 Å². The van der Waals surface area contributed by atoms with Crippen LogP contribution in [0.5, 0.6) is 0 Å². The Morgan fingerprint density at radius 1 is 1.27 bits per heavy atom. The van der Waals surface area contributed by atoms with Crippen LogP contribution < -0.4 is 0 Å². The standard InChI is InChI=1S/C7H2Cl2F3NO2/c8-5-2-3(13(14)15)1-4(6(5)9)7(10,11)12/h1-2H. The van der Waals surface area contributed by atoms with Gasteiger partial charge in [-0.1, -0.05) is 23.2 Å². The Bertz CT molecular complexity index is 419. The van der Waals surface area contributed by atoms with Gasteiger partial charge in [0.05, 0.1) is 20.5 Å². The van der Waals surface area contributed by atoms with E-state index in [9.17, 15) is 23.3 Å². The maximum absolute atomic E-state index is 12.3. The lowest BCUT2D eigenvalue weighted by atomic mass is 10.2. The third-order valence-corrected chi connectivity index (χ3v) is 2.33. The van der Waals surface area contributed by atoms with Crippen molar-refractivity contribution in [1.82, 2.24) is 0 Å². The van der Waals surface area contributed by atoms with E-state index in [1.54, 1.807) is 0 Å². The summed E-state index contributed by atoms with van der Waals surface area (Å²) in [5.74, 6) is 0. The van der Waals surface area contributed by atoms with E-state index in [0.717, 1.165) is 6.07 Å². The van der Waals surface area contributed by atoms with Gasteiger partial charge in [-0.25, -0.2) is 0 Å². The third-order valence-electron chi connectivity index (χ3n) is 1.53. The molecule has 0 atom stereocenters. The molecule has 0 aliphatic heterocycles. The molecule has 0 spiro atoms. The van der Waals surface area contributed by atoms with Crippen LogP contribution in [0, 0.1) is 10.1 Å². The molecule has 0 aromatic heterocycles. The van der Waals surface area contributed by atoms with Crippen molar-refractivity contribution in [2.45, 2.75) is 6.18 Å². The lowest BCUT2D eigenvalue weighted by Gasteiger charge is -2.09. The maximum Gasteiger partial charge on any atom is 0.418 e. The molecule has 15 heavy (non-hydrogen) atoms. The number of non-ortho nitro benzene ring substituents is 1. The van der Waals surface area contributed by atoms with E-state index in [4.69, 9.17) is 23.2 Å². The number of nitro benzene ring substituents is 1. The molecule has 0 saturated carbocycles. The Morgan fingerprint density at radius 3 is 2.20 bits per heavy atom. The summed E-state index contributed by atoms with van der Waals surface area (Å²) >= 11 is 10.6. The number of rotatable bonds is 1. The van der Waals surface area contributed by atoms with Crippen LogP contribution >= 0.6 is 23.2 Å². The summed E-state index contributed by atoms with van der Waals surface area (Å²) in [6.45, 7) is 0. The topological polar surface area (TPSA) is 43.1 Å². The van der Waals surface area contributed by atoms with E-state index in [1.165, 1.54) is 0 Å². The van der Waals surface area contributed by atoms with E-state index in [1.807, 2.05) is 0 Å². The molecular formula is C7H2Cl2F3NO2. The molecule has 1 aromatic carbocycles. The first-order chi connectivity index (χ1) is 6.73. The van der Waals surface area contributed by atoms with Gasteiger partial charge in [-0.15, -0.1) is 0 Å². The monoisotopic (exact) mass is 259 g/mol. The van der Waals surface area contributed by atoms with Gasteiger partial charge in [-0.3, -0.25) is 10.1 Å². The Hall–Kier alpha value is -1.01. The fraction of sp³-hybridized carbons (Fsp3) is 0.143. The fourth-order valence-electron chi connectivity index (χ4n) is 0.886. The Morgan fingerprint density at radius 2 is 1.80 bits per heavy atom. The third kappa shape index (κ3) is 2.51. The Labute approximate surface area is 91.6 Å². The molecular weight excluding hydrogens is 258 g/mol. The molecule has 0 aliphatic carbocycles. The van der Waals surface area contributed by atoms with Crippen LogP contribution in [0.15, 0.2) is 12.1 Å². The summed E-state index contributed by atoms with van der Waals surface area (Å²) in [4.78, 5) is 9.31. The lowest BCUT2D eigenvalue weighted by Crippen LogP contribution is -2.07. The second-order valence-electron chi connectivity index (χ2n) is 2.54. The number of nitrogens with zero attached hydrogens (tertiary/aromatic N) is 1. The summed E-state index contributed by atoms with van der Waals surface area (Å²) in [6.07, 6.45) is -4.77. The van der Waals surface area contributed by atoms with Gasteiger partial charge in [-0.05, 0) is 0 Å². The Balaban J connectivity index is 3.45. The minimum atomic E-state index is -4.77. The summed E-state index contributed by atoms with van der Waals surface area (Å²) in [5.41, 5.74) is -2.07. The predicted molar refractivity (Wildman–Crippen MR) is 48.1 cm³/mol. The van der Waals surface area contributed by atoms with Crippen molar-refractivity contribution in [2.24, 2.45) is 0 Å². The van der Waals surface area contributed by atoms with Crippen LogP contribution in [0.25, 0.3) is 0 Å². The number of benzene rings is 1. The van der Waals surface area contributed by atoms with Gasteiger partial charge in [0.25, 0.3) is 5.69 Å². The summed E-state index contributed by atoms with van der Waals surface area (Å²) < 4.78 is 36.9. The van der Waals surface area contributed by atoms with Gasteiger partial charge in [0.15, 0.2) is 0 Å². The van der Waals surface area contributed by atoms with Crippen LogP contribution in [0.3, 0.4) is 0 Å². The molecule has 0 radical (unpaired) electrons. The van der Waals surface area contributed by atoms with Crippen molar-refractivity contribution >= 4 is 28.9 Å². The normalized spacial score (nSPS) is 11.5. The highest BCUT2D eigenvalue weighted by Gasteiger charge is 2.36. The van der Waals surface area contributed by atoms with Crippen LogP contribution in [0.4, 0.5) is 18.9 Å². The van der Waals surface area contributed by atoms with Crippen molar-refractivity contribution in [3.63, 3.8) is 0 Å². The van der Waals surface area contributed by atoms with Gasteiger partial charge < -0.3 is 0 Å². The highest BCUT2D eigenvalue weighted by molar-refractivity contribution is 6.42. The summed E-state index contributed by atoms with van der Waals surface area (Å²) in [5, 5.41) is 9.04. The molecule has 0 N–H and O–H groups in total. The first-order valence-electron chi connectivity index (χ1n) is 3.44. The second-order valence-corrected chi connectivity index (χ2v) is 3.33. The zero-order chi connectivity index (χ0) is 11.8. The minimum absolute atomic E-state index is 0.341. The second kappa shape index (κ2) is 3.86. The largest absolute Gasteiger partial charge is 0.418 e. The van der Waals surface area contributed by atoms with Crippen LogP contribution in [0.2, 0.25) is 10.0 Å². The molecule has 8 heteroatoms. The van der Waals surface area contributed by atoms with E-state index in [-0.39, 0.29) is 0 Å². The van der Waals surface area contributed by atoms with Crippen molar-refractivity contribution in [2.75, 3.05) is 0 Å². The number of halogens is 5. The van der Waals surface area contributed by atoms with Gasteiger partial charge in [-0.2, -0.15) is 13.2 Å².